The molecule has 1 aromatic heterocycles. The molecular formula is C20H23N3O4S. The minimum Gasteiger partial charge on any atom is -0.365 e. The van der Waals surface area contributed by atoms with Crippen LogP contribution < -0.4 is 11.1 Å². The zero-order valence-corrected chi connectivity index (χ0v) is 16.9. The lowest BCUT2D eigenvalue weighted by atomic mass is 9.72. The molecule has 0 radical (unpaired) electrons. The van der Waals surface area contributed by atoms with Gasteiger partial charge in [-0.2, -0.15) is 0 Å². The smallest absolute Gasteiger partial charge is 0.269 e. The van der Waals surface area contributed by atoms with Crippen molar-refractivity contribution in [2.45, 2.75) is 40.0 Å². The molecule has 8 heteroatoms. The zero-order chi connectivity index (χ0) is 20.6. The van der Waals surface area contributed by atoms with Crippen LogP contribution in [0.4, 0.5) is 10.7 Å². The highest BCUT2D eigenvalue weighted by Gasteiger charge is 2.33. The molecule has 0 saturated carbocycles. The number of anilines is 1. The topological polar surface area (TPSA) is 115 Å². The number of carbonyl (C=O) groups excluding carboxylic acids is 2. The Morgan fingerprint density at radius 1 is 1.25 bits per heavy atom. The molecule has 0 saturated heterocycles. The van der Waals surface area contributed by atoms with Gasteiger partial charge < -0.3 is 11.1 Å². The van der Waals surface area contributed by atoms with Gasteiger partial charge in [0.05, 0.1) is 10.5 Å². The fourth-order valence-electron chi connectivity index (χ4n) is 3.58. The molecule has 0 bridgehead atoms. The number of rotatable bonds is 4. The Kier molecular flexibility index (Phi) is 5.25. The number of fused-ring (bicyclic) bond motifs is 1. The molecule has 3 N–H and O–H groups in total. The predicted molar refractivity (Wildman–Crippen MR) is 109 cm³/mol. The van der Waals surface area contributed by atoms with Crippen molar-refractivity contribution in [3.63, 3.8) is 0 Å². The Morgan fingerprint density at radius 3 is 2.43 bits per heavy atom. The molecule has 7 nitrogen and oxygen atoms in total. The van der Waals surface area contributed by atoms with Crippen LogP contribution in [0, 0.1) is 21.4 Å². The number of non-ortho nitro benzene ring substituents is 1. The molecule has 0 spiro atoms. The van der Waals surface area contributed by atoms with E-state index in [-0.39, 0.29) is 16.7 Å². The van der Waals surface area contributed by atoms with Crippen molar-refractivity contribution in [3.05, 3.63) is 55.9 Å². The number of hydrogen-bond acceptors (Lipinski definition) is 5. The van der Waals surface area contributed by atoms with E-state index in [2.05, 4.69) is 26.1 Å². The lowest BCUT2D eigenvalue weighted by Crippen LogP contribution is -2.27. The van der Waals surface area contributed by atoms with Crippen molar-refractivity contribution in [2.24, 2.45) is 17.1 Å². The summed E-state index contributed by atoms with van der Waals surface area (Å²) >= 11 is 1.40. The van der Waals surface area contributed by atoms with Crippen LogP contribution in [0.3, 0.4) is 0 Å². The van der Waals surface area contributed by atoms with Crippen LogP contribution in [0.15, 0.2) is 24.3 Å². The highest BCUT2D eigenvalue weighted by atomic mass is 32.1. The number of hydrogen-bond donors (Lipinski definition) is 2. The minimum atomic E-state index is -0.550. The van der Waals surface area contributed by atoms with Gasteiger partial charge in [-0.1, -0.05) is 20.8 Å². The number of nitrogens with one attached hydrogen (secondary N) is 1. The van der Waals surface area contributed by atoms with E-state index < -0.39 is 16.7 Å². The van der Waals surface area contributed by atoms with Gasteiger partial charge in [0.25, 0.3) is 17.5 Å². The monoisotopic (exact) mass is 401 g/mol. The number of carbonyl (C=O) groups is 2. The number of nitrogens with zero attached hydrogens (tertiary/aromatic N) is 1. The average Bonchev–Trinajstić information content (AvgIpc) is 2.98. The molecule has 1 unspecified atom stereocenters. The average molecular weight is 401 g/mol. The standard InChI is InChI=1S/C20H23N3O4S/c1-20(2,3)12-6-9-14-15(10-12)28-19(16(14)17(21)24)22-18(25)11-4-7-13(8-5-11)23(26)27/h4-5,7-8,12H,6,9-10H2,1-3H3,(H2,21,24)(H,22,25). The largest absolute Gasteiger partial charge is 0.365 e. The summed E-state index contributed by atoms with van der Waals surface area (Å²) in [6.45, 7) is 6.63. The van der Waals surface area contributed by atoms with Crippen LogP contribution >= 0.6 is 11.3 Å². The summed E-state index contributed by atoms with van der Waals surface area (Å²) in [6, 6.07) is 5.33. The van der Waals surface area contributed by atoms with E-state index in [1.165, 1.54) is 35.6 Å². The lowest BCUT2D eigenvalue weighted by Gasteiger charge is -2.33. The Balaban J connectivity index is 1.88. The molecular weight excluding hydrogens is 378 g/mol. The molecule has 0 fully saturated rings. The summed E-state index contributed by atoms with van der Waals surface area (Å²) in [5.74, 6) is -0.480. The third-order valence-electron chi connectivity index (χ3n) is 5.30. The van der Waals surface area contributed by atoms with Crippen molar-refractivity contribution in [1.82, 2.24) is 0 Å². The number of primary amides is 1. The molecule has 3 rings (SSSR count). The molecule has 28 heavy (non-hydrogen) atoms. The second-order valence-electron chi connectivity index (χ2n) is 8.14. The maximum absolute atomic E-state index is 12.6. The molecule has 0 aliphatic heterocycles. The van der Waals surface area contributed by atoms with Gasteiger partial charge in [0, 0.05) is 22.6 Å². The molecule has 2 amide bonds. The van der Waals surface area contributed by atoms with Crippen molar-refractivity contribution in [2.75, 3.05) is 5.32 Å². The zero-order valence-electron chi connectivity index (χ0n) is 16.1. The first kappa shape index (κ1) is 20.0. The first-order chi connectivity index (χ1) is 13.1. The quantitative estimate of drug-likeness (QED) is 0.591. The highest BCUT2D eigenvalue weighted by molar-refractivity contribution is 7.17. The Morgan fingerprint density at radius 2 is 1.89 bits per heavy atom. The van der Waals surface area contributed by atoms with E-state index in [0.29, 0.717) is 16.5 Å². The van der Waals surface area contributed by atoms with E-state index in [9.17, 15) is 19.7 Å². The van der Waals surface area contributed by atoms with Gasteiger partial charge in [-0.15, -0.1) is 11.3 Å². The van der Waals surface area contributed by atoms with Gasteiger partial charge >= 0.3 is 0 Å². The van der Waals surface area contributed by atoms with E-state index in [4.69, 9.17) is 5.73 Å². The number of nitro benzene ring substituents is 1. The molecule has 1 atom stereocenters. The van der Waals surface area contributed by atoms with E-state index in [1.54, 1.807) is 0 Å². The van der Waals surface area contributed by atoms with Crippen LogP contribution in [-0.4, -0.2) is 16.7 Å². The molecule has 1 heterocycles. The number of benzene rings is 1. The molecule has 1 aliphatic rings. The van der Waals surface area contributed by atoms with Crippen LogP contribution in [0.2, 0.25) is 0 Å². The number of amides is 2. The maximum Gasteiger partial charge on any atom is 0.269 e. The molecule has 1 aromatic carbocycles. The first-order valence-electron chi connectivity index (χ1n) is 9.08. The van der Waals surface area contributed by atoms with Crippen molar-refractivity contribution >= 4 is 33.8 Å². The predicted octanol–water partition coefficient (Wildman–Crippen LogP) is 4.16. The number of nitro groups is 1. The van der Waals surface area contributed by atoms with Gasteiger partial charge in [0.1, 0.15) is 5.00 Å². The van der Waals surface area contributed by atoms with Gasteiger partial charge in [0.2, 0.25) is 0 Å². The highest BCUT2D eigenvalue weighted by Crippen LogP contribution is 2.44. The minimum absolute atomic E-state index is 0.0887. The van der Waals surface area contributed by atoms with Gasteiger partial charge in [-0.25, -0.2) is 0 Å². The van der Waals surface area contributed by atoms with Crippen LogP contribution in [-0.2, 0) is 12.8 Å². The summed E-state index contributed by atoms with van der Waals surface area (Å²) in [5, 5.41) is 14.0. The van der Waals surface area contributed by atoms with Crippen molar-refractivity contribution in [1.29, 1.82) is 0 Å². The van der Waals surface area contributed by atoms with Crippen LogP contribution in [0.5, 0.6) is 0 Å². The normalized spacial score (nSPS) is 16.3. The Bertz CT molecular complexity index is 942. The van der Waals surface area contributed by atoms with E-state index in [1.807, 2.05) is 0 Å². The van der Waals surface area contributed by atoms with Crippen molar-refractivity contribution < 1.29 is 14.5 Å². The van der Waals surface area contributed by atoms with Gasteiger partial charge in [-0.3, -0.25) is 19.7 Å². The van der Waals surface area contributed by atoms with Crippen LogP contribution in [0.1, 0.15) is 58.3 Å². The first-order valence-corrected chi connectivity index (χ1v) is 9.89. The van der Waals surface area contributed by atoms with E-state index >= 15 is 0 Å². The van der Waals surface area contributed by atoms with Crippen molar-refractivity contribution in [3.8, 4) is 0 Å². The third kappa shape index (κ3) is 3.91. The van der Waals surface area contributed by atoms with E-state index in [0.717, 1.165) is 29.7 Å². The number of thiophene rings is 1. The summed E-state index contributed by atoms with van der Waals surface area (Å²) in [4.78, 5) is 36.0. The fourth-order valence-corrected chi connectivity index (χ4v) is 4.91. The van der Waals surface area contributed by atoms with Gasteiger partial charge in [0.15, 0.2) is 0 Å². The van der Waals surface area contributed by atoms with Crippen LogP contribution in [0.25, 0.3) is 0 Å². The SMILES string of the molecule is CC(C)(C)C1CCc2c(sc(NC(=O)c3ccc([N+](=O)[O-])cc3)c2C(N)=O)C1. The van der Waals surface area contributed by atoms with Gasteiger partial charge in [-0.05, 0) is 48.3 Å². The lowest BCUT2D eigenvalue weighted by molar-refractivity contribution is -0.384. The fraction of sp³-hybridized carbons (Fsp3) is 0.400. The molecule has 1 aliphatic carbocycles. The number of nitrogens with two attached hydrogens (primary N) is 1. The second-order valence-corrected chi connectivity index (χ2v) is 9.24. The Hall–Kier alpha value is -2.74. The summed E-state index contributed by atoms with van der Waals surface area (Å²) in [7, 11) is 0. The second kappa shape index (κ2) is 7.35. The molecule has 2 aromatic rings. The summed E-state index contributed by atoms with van der Waals surface area (Å²) in [6.07, 6.45) is 2.60. The maximum atomic E-state index is 12.6. The summed E-state index contributed by atoms with van der Waals surface area (Å²) in [5.41, 5.74) is 7.30. The molecule has 148 valence electrons. The Labute approximate surface area is 167 Å². The third-order valence-corrected chi connectivity index (χ3v) is 6.47. The summed E-state index contributed by atoms with van der Waals surface area (Å²) < 4.78 is 0.